The molecule has 0 unspecified atom stereocenters. The summed E-state index contributed by atoms with van der Waals surface area (Å²) in [5, 5.41) is 7.89. The topological polar surface area (TPSA) is 61.3 Å². The number of nitrogens with zero attached hydrogens (tertiary/aromatic N) is 2. The molecule has 0 aliphatic heterocycles. The maximum Gasteiger partial charge on any atom is 0.347 e. The Morgan fingerprint density at radius 3 is 2.40 bits per heavy atom. The Morgan fingerprint density at radius 1 is 1.00 bits per heavy atom. The van der Waals surface area contributed by atoms with Crippen LogP contribution in [0.25, 0.3) is 11.3 Å². The molecule has 6 heteroatoms. The zero-order valence-electron chi connectivity index (χ0n) is 13.5. The number of carbonyl (C=O) groups excluding carboxylic acids is 1. The Kier molecular flexibility index (Phi) is 4.99. The van der Waals surface area contributed by atoms with Crippen LogP contribution in [-0.4, -0.2) is 22.8 Å². The van der Waals surface area contributed by atoms with Crippen molar-refractivity contribution in [2.75, 3.05) is 6.61 Å². The highest BCUT2D eigenvalue weighted by molar-refractivity contribution is 5.91. The Hall–Kier alpha value is -3.28. The van der Waals surface area contributed by atoms with Crippen molar-refractivity contribution in [1.82, 2.24) is 10.2 Å². The van der Waals surface area contributed by atoms with Crippen LogP contribution < -0.4 is 9.47 Å². The van der Waals surface area contributed by atoms with Gasteiger partial charge in [-0.25, -0.2) is 9.18 Å². The maximum absolute atomic E-state index is 13.6. The fourth-order valence-electron chi connectivity index (χ4n) is 2.19. The van der Waals surface area contributed by atoms with Crippen molar-refractivity contribution in [1.29, 1.82) is 0 Å². The summed E-state index contributed by atoms with van der Waals surface area (Å²) in [6.45, 7) is 2.52. The number of hydrogen-bond acceptors (Lipinski definition) is 5. The van der Waals surface area contributed by atoms with Crippen molar-refractivity contribution >= 4 is 5.97 Å². The molecule has 1 heterocycles. The van der Waals surface area contributed by atoms with E-state index in [1.165, 1.54) is 24.3 Å². The molecule has 126 valence electrons. The molecule has 0 saturated carbocycles. The third kappa shape index (κ3) is 3.98. The van der Waals surface area contributed by atoms with Crippen molar-refractivity contribution in [3.8, 4) is 22.9 Å². The standard InChI is InChI=1S/C19H15FN2O3/c1-2-24-14-9-7-13(8-10-14)17-11-12-18(22-21-17)25-19(23)15-5-3-4-6-16(15)20/h3-12H,2H2,1H3. The van der Waals surface area contributed by atoms with Gasteiger partial charge in [0.1, 0.15) is 11.6 Å². The van der Waals surface area contributed by atoms with Crippen LogP contribution in [0.2, 0.25) is 0 Å². The van der Waals surface area contributed by atoms with Crippen molar-refractivity contribution < 1.29 is 18.7 Å². The van der Waals surface area contributed by atoms with Gasteiger partial charge >= 0.3 is 5.97 Å². The van der Waals surface area contributed by atoms with Gasteiger partial charge in [-0.1, -0.05) is 12.1 Å². The molecule has 3 aromatic rings. The first-order chi connectivity index (χ1) is 12.2. The van der Waals surface area contributed by atoms with Gasteiger partial charge in [-0.05, 0) is 49.4 Å². The summed E-state index contributed by atoms with van der Waals surface area (Å²) in [7, 11) is 0. The molecule has 1 aromatic heterocycles. The van der Waals surface area contributed by atoms with E-state index >= 15 is 0 Å². The van der Waals surface area contributed by atoms with Gasteiger partial charge in [-0.2, -0.15) is 0 Å². The monoisotopic (exact) mass is 338 g/mol. The van der Waals surface area contributed by atoms with E-state index in [2.05, 4.69) is 10.2 Å². The zero-order chi connectivity index (χ0) is 17.6. The molecule has 2 aromatic carbocycles. The van der Waals surface area contributed by atoms with E-state index < -0.39 is 11.8 Å². The molecule has 0 bridgehead atoms. The van der Waals surface area contributed by atoms with Crippen LogP contribution >= 0.6 is 0 Å². The second-order valence-electron chi connectivity index (χ2n) is 5.08. The summed E-state index contributed by atoms with van der Waals surface area (Å²) in [4.78, 5) is 11.9. The summed E-state index contributed by atoms with van der Waals surface area (Å²) in [6.07, 6.45) is 0. The summed E-state index contributed by atoms with van der Waals surface area (Å²) in [5.74, 6) is -0.690. The molecule has 0 fully saturated rings. The molecule has 0 aliphatic carbocycles. The number of aromatic nitrogens is 2. The minimum absolute atomic E-state index is 0.00272. The normalized spacial score (nSPS) is 10.3. The zero-order valence-corrected chi connectivity index (χ0v) is 13.5. The van der Waals surface area contributed by atoms with Crippen LogP contribution in [0.4, 0.5) is 4.39 Å². The van der Waals surface area contributed by atoms with Gasteiger partial charge < -0.3 is 9.47 Å². The molecular weight excluding hydrogens is 323 g/mol. The lowest BCUT2D eigenvalue weighted by molar-refractivity contribution is 0.0721. The average Bonchev–Trinajstić information content (AvgIpc) is 2.64. The molecule has 0 saturated heterocycles. The molecule has 5 nitrogen and oxygen atoms in total. The molecule has 0 spiro atoms. The lowest BCUT2D eigenvalue weighted by Crippen LogP contribution is -2.11. The third-order valence-electron chi connectivity index (χ3n) is 3.39. The lowest BCUT2D eigenvalue weighted by Gasteiger charge is -2.06. The Labute approximate surface area is 144 Å². The summed E-state index contributed by atoms with van der Waals surface area (Å²) >= 11 is 0. The largest absolute Gasteiger partial charge is 0.494 e. The predicted octanol–water partition coefficient (Wildman–Crippen LogP) is 3.90. The van der Waals surface area contributed by atoms with Crippen LogP contribution in [0.1, 0.15) is 17.3 Å². The highest BCUT2D eigenvalue weighted by Crippen LogP contribution is 2.21. The number of halogens is 1. The molecule has 0 aliphatic rings. The molecule has 0 radical (unpaired) electrons. The van der Waals surface area contributed by atoms with E-state index in [0.717, 1.165) is 11.3 Å². The Bertz CT molecular complexity index is 865. The number of benzene rings is 2. The number of esters is 1. The van der Waals surface area contributed by atoms with Gasteiger partial charge in [-0.15, -0.1) is 10.2 Å². The minimum Gasteiger partial charge on any atom is -0.494 e. The minimum atomic E-state index is -0.818. The molecule has 0 atom stereocenters. The Balaban J connectivity index is 1.72. The maximum atomic E-state index is 13.6. The SMILES string of the molecule is CCOc1ccc(-c2ccc(OC(=O)c3ccccc3F)nn2)cc1. The molecule has 25 heavy (non-hydrogen) atoms. The van der Waals surface area contributed by atoms with E-state index in [0.29, 0.717) is 12.3 Å². The summed E-state index contributed by atoms with van der Waals surface area (Å²) in [6, 6.07) is 16.2. The number of ether oxygens (including phenoxy) is 2. The van der Waals surface area contributed by atoms with E-state index in [4.69, 9.17) is 9.47 Å². The summed E-state index contributed by atoms with van der Waals surface area (Å²) < 4.78 is 24.0. The fourth-order valence-corrected chi connectivity index (χ4v) is 2.19. The van der Waals surface area contributed by atoms with Gasteiger partial charge in [-0.3, -0.25) is 0 Å². The Morgan fingerprint density at radius 2 is 1.76 bits per heavy atom. The van der Waals surface area contributed by atoms with Crippen molar-refractivity contribution in [3.05, 3.63) is 72.0 Å². The molecular formula is C19H15FN2O3. The van der Waals surface area contributed by atoms with E-state index in [1.807, 2.05) is 31.2 Å². The summed E-state index contributed by atoms with van der Waals surface area (Å²) in [5.41, 5.74) is 1.32. The van der Waals surface area contributed by atoms with Gasteiger partial charge in [0.25, 0.3) is 0 Å². The highest BCUT2D eigenvalue weighted by atomic mass is 19.1. The van der Waals surface area contributed by atoms with Gasteiger partial charge in [0, 0.05) is 11.6 Å². The van der Waals surface area contributed by atoms with Crippen molar-refractivity contribution in [2.45, 2.75) is 6.92 Å². The number of carbonyl (C=O) groups is 1. The second-order valence-corrected chi connectivity index (χ2v) is 5.08. The van der Waals surface area contributed by atoms with Crippen LogP contribution in [0.3, 0.4) is 0 Å². The average molecular weight is 338 g/mol. The number of rotatable bonds is 5. The lowest BCUT2D eigenvalue weighted by atomic mass is 10.1. The first-order valence-electron chi connectivity index (χ1n) is 7.71. The van der Waals surface area contributed by atoms with Gasteiger partial charge in [0.15, 0.2) is 0 Å². The molecule has 3 rings (SSSR count). The van der Waals surface area contributed by atoms with Gasteiger partial charge in [0.05, 0.1) is 17.9 Å². The predicted molar refractivity (Wildman–Crippen MR) is 90.0 cm³/mol. The smallest absolute Gasteiger partial charge is 0.347 e. The van der Waals surface area contributed by atoms with Crippen LogP contribution in [0, 0.1) is 5.82 Å². The number of hydrogen-bond donors (Lipinski definition) is 0. The van der Waals surface area contributed by atoms with E-state index in [9.17, 15) is 9.18 Å². The fraction of sp³-hybridized carbons (Fsp3) is 0.105. The quantitative estimate of drug-likeness (QED) is 0.660. The van der Waals surface area contributed by atoms with Crippen LogP contribution in [-0.2, 0) is 0 Å². The van der Waals surface area contributed by atoms with Crippen LogP contribution in [0.15, 0.2) is 60.7 Å². The van der Waals surface area contributed by atoms with Gasteiger partial charge in [0.2, 0.25) is 5.88 Å². The highest BCUT2D eigenvalue weighted by Gasteiger charge is 2.14. The van der Waals surface area contributed by atoms with E-state index in [1.54, 1.807) is 12.1 Å². The molecule has 0 N–H and O–H groups in total. The second kappa shape index (κ2) is 7.53. The molecule has 0 amide bonds. The third-order valence-corrected chi connectivity index (χ3v) is 3.39. The first kappa shape index (κ1) is 16.6. The first-order valence-corrected chi connectivity index (χ1v) is 7.71. The van der Waals surface area contributed by atoms with Crippen molar-refractivity contribution in [2.24, 2.45) is 0 Å². The van der Waals surface area contributed by atoms with E-state index in [-0.39, 0.29) is 11.4 Å². The van der Waals surface area contributed by atoms with Crippen molar-refractivity contribution in [3.63, 3.8) is 0 Å². The van der Waals surface area contributed by atoms with Crippen LogP contribution in [0.5, 0.6) is 11.6 Å².